The highest BCUT2D eigenvalue weighted by atomic mass is 16.5. The van der Waals surface area contributed by atoms with Crippen LogP contribution in [0.25, 0.3) is 0 Å². The van der Waals surface area contributed by atoms with Crippen LogP contribution in [0.2, 0.25) is 0 Å². The number of ether oxygens (including phenoxy) is 1. The van der Waals surface area contributed by atoms with Crippen molar-refractivity contribution >= 4 is 11.9 Å². The topological polar surface area (TPSA) is 75.6 Å². The summed E-state index contributed by atoms with van der Waals surface area (Å²) < 4.78 is 5.37. The van der Waals surface area contributed by atoms with E-state index in [1.54, 1.807) is 18.2 Å². The van der Waals surface area contributed by atoms with Gasteiger partial charge < -0.3 is 15.2 Å². The van der Waals surface area contributed by atoms with Crippen LogP contribution in [0, 0.1) is 0 Å². The first kappa shape index (κ1) is 13.4. The number of nitrogens with one attached hydrogen (secondary N) is 1. The molecular formula is C14H17NO4. The molecule has 0 bridgehead atoms. The highest BCUT2D eigenvalue weighted by molar-refractivity contribution is 5.96. The molecule has 5 nitrogen and oxygen atoms in total. The Hall–Kier alpha value is -2.04. The van der Waals surface area contributed by atoms with Crippen LogP contribution in [0.3, 0.4) is 0 Å². The molecule has 2 rings (SSSR count). The van der Waals surface area contributed by atoms with E-state index in [9.17, 15) is 9.59 Å². The summed E-state index contributed by atoms with van der Waals surface area (Å²) in [5, 5.41) is 11.6. The minimum atomic E-state index is -1.00. The second-order valence-electron chi connectivity index (χ2n) is 4.57. The van der Waals surface area contributed by atoms with E-state index in [1.165, 1.54) is 0 Å². The molecule has 1 aromatic carbocycles. The average Bonchev–Trinajstić information content (AvgIpc) is 2.85. The van der Waals surface area contributed by atoms with Gasteiger partial charge in [0.2, 0.25) is 0 Å². The first-order valence-corrected chi connectivity index (χ1v) is 6.41. The molecule has 1 heterocycles. The van der Waals surface area contributed by atoms with Gasteiger partial charge in [0, 0.05) is 12.0 Å². The molecule has 1 amide bonds. The standard InChI is InChI=1S/C14H17NO4/c1-2-3-11(14(17)18)15-13(16)10-4-5-12-9(8-10)6-7-19-12/h4-5,8,11H,2-3,6-7H2,1H3,(H,15,16)(H,17,18). The number of carbonyl (C=O) groups is 2. The van der Waals surface area contributed by atoms with Gasteiger partial charge >= 0.3 is 5.97 Å². The SMILES string of the molecule is CCCC(NC(=O)c1ccc2c(c1)CCO2)C(=O)O. The summed E-state index contributed by atoms with van der Waals surface area (Å²) in [6, 6.07) is 4.35. The van der Waals surface area contributed by atoms with E-state index in [2.05, 4.69) is 5.32 Å². The summed E-state index contributed by atoms with van der Waals surface area (Å²) in [7, 11) is 0. The van der Waals surface area contributed by atoms with E-state index < -0.39 is 12.0 Å². The second-order valence-corrected chi connectivity index (χ2v) is 4.57. The van der Waals surface area contributed by atoms with E-state index in [-0.39, 0.29) is 5.91 Å². The van der Waals surface area contributed by atoms with Crippen molar-refractivity contribution in [2.45, 2.75) is 32.2 Å². The highest BCUT2D eigenvalue weighted by Gasteiger charge is 2.21. The summed E-state index contributed by atoms with van der Waals surface area (Å²) in [6.07, 6.45) is 1.91. The van der Waals surface area contributed by atoms with E-state index in [0.29, 0.717) is 25.0 Å². The van der Waals surface area contributed by atoms with E-state index >= 15 is 0 Å². The zero-order valence-electron chi connectivity index (χ0n) is 10.8. The van der Waals surface area contributed by atoms with Gasteiger partial charge in [-0.15, -0.1) is 0 Å². The fourth-order valence-corrected chi connectivity index (χ4v) is 2.12. The van der Waals surface area contributed by atoms with Crippen LogP contribution in [0.15, 0.2) is 18.2 Å². The quantitative estimate of drug-likeness (QED) is 0.846. The first-order chi connectivity index (χ1) is 9.11. The van der Waals surface area contributed by atoms with Crippen LogP contribution in [0.4, 0.5) is 0 Å². The van der Waals surface area contributed by atoms with Crippen molar-refractivity contribution in [3.05, 3.63) is 29.3 Å². The van der Waals surface area contributed by atoms with Crippen molar-refractivity contribution in [2.24, 2.45) is 0 Å². The smallest absolute Gasteiger partial charge is 0.326 e. The fraction of sp³-hybridized carbons (Fsp3) is 0.429. The summed E-state index contributed by atoms with van der Waals surface area (Å²) in [4.78, 5) is 23.0. The largest absolute Gasteiger partial charge is 0.493 e. The molecular weight excluding hydrogens is 246 g/mol. The van der Waals surface area contributed by atoms with Crippen molar-refractivity contribution in [1.29, 1.82) is 0 Å². The van der Waals surface area contributed by atoms with Crippen molar-refractivity contribution in [2.75, 3.05) is 6.61 Å². The maximum atomic E-state index is 12.0. The third kappa shape index (κ3) is 3.05. The lowest BCUT2D eigenvalue weighted by atomic mass is 10.1. The maximum absolute atomic E-state index is 12.0. The maximum Gasteiger partial charge on any atom is 0.326 e. The number of hydrogen-bond donors (Lipinski definition) is 2. The van der Waals surface area contributed by atoms with E-state index in [1.807, 2.05) is 6.92 Å². The van der Waals surface area contributed by atoms with Gasteiger partial charge in [0.1, 0.15) is 11.8 Å². The normalized spacial score (nSPS) is 14.4. The van der Waals surface area contributed by atoms with Crippen LogP contribution in [-0.2, 0) is 11.2 Å². The second kappa shape index (κ2) is 5.73. The van der Waals surface area contributed by atoms with Gasteiger partial charge in [-0.2, -0.15) is 0 Å². The van der Waals surface area contributed by atoms with Crippen LogP contribution in [0.1, 0.15) is 35.7 Å². The van der Waals surface area contributed by atoms with E-state index in [0.717, 1.165) is 17.7 Å². The zero-order valence-corrected chi connectivity index (χ0v) is 10.8. The number of fused-ring (bicyclic) bond motifs is 1. The molecule has 0 aromatic heterocycles. The molecule has 0 saturated heterocycles. The van der Waals surface area contributed by atoms with Crippen LogP contribution in [0.5, 0.6) is 5.75 Å². The van der Waals surface area contributed by atoms with Crippen molar-refractivity contribution < 1.29 is 19.4 Å². The van der Waals surface area contributed by atoms with Gasteiger partial charge in [0.25, 0.3) is 5.91 Å². The minimum absolute atomic E-state index is 0.351. The van der Waals surface area contributed by atoms with Crippen molar-refractivity contribution in [3.63, 3.8) is 0 Å². The van der Waals surface area contributed by atoms with Gasteiger partial charge in [0.05, 0.1) is 6.61 Å². The Bertz CT molecular complexity index is 498. The van der Waals surface area contributed by atoms with Crippen molar-refractivity contribution in [3.8, 4) is 5.75 Å². The van der Waals surface area contributed by atoms with Gasteiger partial charge in [-0.1, -0.05) is 13.3 Å². The van der Waals surface area contributed by atoms with Gasteiger partial charge in [-0.05, 0) is 30.2 Å². The Morgan fingerprint density at radius 3 is 2.95 bits per heavy atom. The first-order valence-electron chi connectivity index (χ1n) is 6.41. The third-order valence-corrected chi connectivity index (χ3v) is 3.13. The number of amides is 1. The number of rotatable bonds is 5. The van der Waals surface area contributed by atoms with Gasteiger partial charge in [0.15, 0.2) is 0 Å². The molecule has 0 aliphatic carbocycles. The Balaban J connectivity index is 2.09. The molecule has 2 N–H and O–H groups in total. The molecule has 1 aliphatic rings. The molecule has 102 valence electrons. The van der Waals surface area contributed by atoms with Gasteiger partial charge in [-0.3, -0.25) is 4.79 Å². The molecule has 0 saturated carbocycles. The lowest BCUT2D eigenvalue weighted by Gasteiger charge is -2.13. The number of carbonyl (C=O) groups excluding carboxylic acids is 1. The molecule has 1 aromatic rings. The van der Waals surface area contributed by atoms with Crippen LogP contribution < -0.4 is 10.1 Å². The highest BCUT2D eigenvalue weighted by Crippen LogP contribution is 2.25. The number of carboxylic acid groups (broad SMARTS) is 1. The molecule has 1 aliphatic heterocycles. The number of hydrogen-bond acceptors (Lipinski definition) is 3. The average molecular weight is 263 g/mol. The molecule has 1 atom stereocenters. The summed E-state index contributed by atoms with van der Waals surface area (Å²) in [6.45, 7) is 2.52. The Kier molecular flexibility index (Phi) is 4.04. The lowest BCUT2D eigenvalue weighted by molar-refractivity contribution is -0.139. The van der Waals surface area contributed by atoms with Crippen LogP contribution in [-0.4, -0.2) is 29.6 Å². The predicted octanol–water partition coefficient (Wildman–Crippen LogP) is 1.60. The number of carboxylic acids is 1. The van der Waals surface area contributed by atoms with Crippen molar-refractivity contribution in [1.82, 2.24) is 5.32 Å². The number of benzene rings is 1. The molecule has 0 spiro atoms. The summed E-state index contributed by atoms with van der Waals surface area (Å²) >= 11 is 0. The summed E-state index contributed by atoms with van der Waals surface area (Å²) in [5.41, 5.74) is 1.47. The molecule has 0 fully saturated rings. The van der Waals surface area contributed by atoms with Crippen LogP contribution >= 0.6 is 0 Å². The lowest BCUT2D eigenvalue weighted by Crippen LogP contribution is -2.40. The molecule has 19 heavy (non-hydrogen) atoms. The molecule has 0 radical (unpaired) electrons. The Morgan fingerprint density at radius 2 is 2.26 bits per heavy atom. The monoisotopic (exact) mass is 263 g/mol. The number of aliphatic carboxylic acids is 1. The fourth-order valence-electron chi connectivity index (χ4n) is 2.12. The Labute approximate surface area is 111 Å². The summed E-state index contributed by atoms with van der Waals surface area (Å²) in [5.74, 6) is -0.546. The van der Waals surface area contributed by atoms with Gasteiger partial charge in [-0.25, -0.2) is 4.79 Å². The molecule has 5 heteroatoms. The van der Waals surface area contributed by atoms with E-state index in [4.69, 9.17) is 9.84 Å². The Morgan fingerprint density at radius 1 is 1.47 bits per heavy atom. The minimum Gasteiger partial charge on any atom is -0.493 e. The zero-order chi connectivity index (χ0) is 13.8. The third-order valence-electron chi connectivity index (χ3n) is 3.13. The molecule has 1 unspecified atom stereocenters. The predicted molar refractivity (Wildman–Crippen MR) is 69.4 cm³/mol.